The number of hydrogen-bond acceptors (Lipinski definition) is 3. The SMILES string of the molecule is CCOC(=O)c1cnc(C(F)F)c(Cl)c1. The molecule has 0 N–H and O–H groups in total. The Balaban J connectivity index is 2.96. The highest BCUT2D eigenvalue weighted by Gasteiger charge is 2.16. The fourth-order valence-corrected chi connectivity index (χ4v) is 1.18. The van der Waals surface area contributed by atoms with Gasteiger partial charge in [-0.25, -0.2) is 13.6 Å². The van der Waals surface area contributed by atoms with Crippen LogP contribution in [-0.4, -0.2) is 17.6 Å². The molecule has 0 spiro atoms. The molecule has 0 unspecified atom stereocenters. The molecular weight excluding hydrogens is 228 g/mol. The van der Waals surface area contributed by atoms with Crippen molar-refractivity contribution in [2.45, 2.75) is 13.3 Å². The Kier molecular flexibility index (Phi) is 3.96. The standard InChI is InChI=1S/C9H8ClF2NO2/c1-2-15-9(14)5-3-6(10)7(8(11)12)13-4-5/h3-4,8H,2H2,1H3. The van der Waals surface area contributed by atoms with E-state index in [0.717, 1.165) is 12.3 Å². The highest BCUT2D eigenvalue weighted by molar-refractivity contribution is 6.31. The molecule has 1 heterocycles. The first-order chi connectivity index (χ1) is 7.06. The number of halogens is 3. The topological polar surface area (TPSA) is 39.2 Å². The van der Waals surface area contributed by atoms with Crippen LogP contribution in [0.25, 0.3) is 0 Å². The van der Waals surface area contributed by atoms with Crippen molar-refractivity contribution >= 4 is 17.6 Å². The fraction of sp³-hybridized carbons (Fsp3) is 0.333. The number of hydrogen-bond donors (Lipinski definition) is 0. The number of esters is 1. The van der Waals surface area contributed by atoms with Crippen molar-refractivity contribution in [3.05, 3.63) is 28.5 Å². The molecular formula is C9H8ClF2NO2. The quantitative estimate of drug-likeness (QED) is 0.757. The van der Waals surface area contributed by atoms with Gasteiger partial charge in [-0.15, -0.1) is 0 Å². The normalized spacial score (nSPS) is 10.5. The third-order valence-corrected chi connectivity index (χ3v) is 1.89. The van der Waals surface area contributed by atoms with Gasteiger partial charge in [0.1, 0.15) is 5.69 Å². The van der Waals surface area contributed by atoms with Crippen LogP contribution in [0.2, 0.25) is 5.02 Å². The molecule has 0 aromatic carbocycles. The Morgan fingerprint density at radius 3 is 2.80 bits per heavy atom. The third-order valence-electron chi connectivity index (χ3n) is 1.59. The van der Waals surface area contributed by atoms with Gasteiger partial charge in [0.05, 0.1) is 17.2 Å². The average Bonchev–Trinajstić information content (AvgIpc) is 2.17. The van der Waals surface area contributed by atoms with Gasteiger partial charge in [0.15, 0.2) is 0 Å². The van der Waals surface area contributed by atoms with Gasteiger partial charge < -0.3 is 4.74 Å². The monoisotopic (exact) mass is 235 g/mol. The van der Waals surface area contributed by atoms with Gasteiger partial charge in [-0.2, -0.15) is 0 Å². The Morgan fingerprint density at radius 1 is 1.67 bits per heavy atom. The van der Waals surface area contributed by atoms with E-state index in [1.165, 1.54) is 0 Å². The number of rotatable bonds is 3. The summed E-state index contributed by atoms with van der Waals surface area (Å²) in [5.74, 6) is -0.632. The van der Waals surface area contributed by atoms with Gasteiger partial charge in [0, 0.05) is 6.20 Å². The summed E-state index contributed by atoms with van der Waals surface area (Å²) in [5.41, 5.74) is -0.476. The molecule has 0 amide bonds. The lowest BCUT2D eigenvalue weighted by molar-refractivity contribution is 0.0525. The molecule has 1 aromatic rings. The maximum atomic E-state index is 12.2. The zero-order valence-electron chi connectivity index (χ0n) is 7.84. The van der Waals surface area contributed by atoms with Crippen molar-refractivity contribution < 1.29 is 18.3 Å². The van der Waals surface area contributed by atoms with Crippen LogP contribution in [0.4, 0.5) is 8.78 Å². The molecule has 3 nitrogen and oxygen atoms in total. The van der Waals surface area contributed by atoms with Crippen LogP contribution >= 0.6 is 11.6 Å². The highest BCUT2D eigenvalue weighted by Crippen LogP contribution is 2.25. The number of alkyl halides is 2. The zero-order valence-corrected chi connectivity index (χ0v) is 8.59. The van der Waals surface area contributed by atoms with Gasteiger partial charge in [0.25, 0.3) is 6.43 Å². The van der Waals surface area contributed by atoms with Crippen LogP contribution < -0.4 is 0 Å². The zero-order chi connectivity index (χ0) is 11.4. The van der Waals surface area contributed by atoms with E-state index in [4.69, 9.17) is 11.6 Å². The molecule has 0 saturated carbocycles. The fourth-order valence-electron chi connectivity index (χ4n) is 0.935. The summed E-state index contributed by atoms with van der Waals surface area (Å²) in [6.07, 6.45) is -1.74. The van der Waals surface area contributed by atoms with Crippen molar-refractivity contribution in [2.75, 3.05) is 6.61 Å². The summed E-state index contributed by atoms with van der Waals surface area (Å²) >= 11 is 5.52. The van der Waals surface area contributed by atoms with Crippen molar-refractivity contribution in [3.8, 4) is 0 Å². The molecule has 0 bridgehead atoms. The number of ether oxygens (including phenoxy) is 1. The second kappa shape index (κ2) is 5.02. The summed E-state index contributed by atoms with van der Waals surface area (Å²) in [6.45, 7) is 1.84. The van der Waals surface area contributed by atoms with Crippen LogP contribution in [0.5, 0.6) is 0 Å². The van der Waals surface area contributed by atoms with E-state index in [2.05, 4.69) is 9.72 Å². The van der Waals surface area contributed by atoms with Gasteiger partial charge >= 0.3 is 5.97 Å². The maximum Gasteiger partial charge on any atom is 0.339 e. The van der Waals surface area contributed by atoms with Crippen LogP contribution in [0.15, 0.2) is 12.3 Å². The number of aromatic nitrogens is 1. The smallest absolute Gasteiger partial charge is 0.339 e. The third kappa shape index (κ3) is 2.86. The van der Waals surface area contributed by atoms with Gasteiger partial charge in [-0.1, -0.05) is 11.6 Å². The first-order valence-corrected chi connectivity index (χ1v) is 4.54. The van der Waals surface area contributed by atoms with Gasteiger partial charge in [0.2, 0.25) is 0 Å². The van der Waals surface area contributed by atoms with Crippen molar-refractivity contribution in [1.82, 2.24) is 4.98 Å². The number of pyridine rings is 1. The molecule has 6 heteroatoms. The van der Waals surface area contributed by atoms with E-state index in [-0.39, 0.29) is 17.2 Å². The van der Waals surface area contributed by atoms with E-state index >= 15 is 0 Å². The van der Waals surface area contributed by atoms with Crippen LogP contribution in [0.3, 0.4) is 0 Å². The van der Waals surface area contributed by atoms with E-state index in [9.17, 15) is 13.6 Å². The van der Waals surface area contributed by atoms with Crippen LogP contribution in [-0.2, 0) is 4.74 Å². The average molecular weight is 236 g/mol. The van der Waals surface area contributed by atoms with Crippen molar-refractivity contribution in [2.24, 2.45) is 0 Å². The van der Waals surface area contributed by atoms with Crippen molar-refractivity contribution in [3.63, 3.8) is 0 Å². The Labute approximate surface area is 90.0 Å². The summed E-state index contributed by atoms with van der Waals surface area (Å²) in [7, 11) is 0. The molecule has 15 heavy (non-hydrogen) atoms. The van der Waals surface area contributed by atoms with E-state index < -0.39 is 18.1 Å². The molecule has 0 radical (unpaired) electrons. The maximum absolute atomic E-state index is 12.2. The van der Waals surface area contributed by atoms with E-state index in [1.54, 1.807) is 6.92 Å². The Morgan fingerprint density at radius 2 is 2.33 bits per heavy atom. The highest BCUT2D eigenvalue weighted by atomic mass is 35.5. The summed E-state index contributed by atoms with van der Waals surface area (Å²) in [6, 6.07) is 1.12. The first-order valence-electron chi connectivity index (χ1n) is 4.17. The minimum absolute atomic E-state index is 0.0613. The minimum Gasteiger partial charge on any atom is -0.462 e. The molecule has 0 aliphatic heterocycles. The molecule has 0 atom stereocenters. The van der Waals surface area contributed by atoms with E-state index in [1.807, 2.05) is 0 Å². The number of carbonyl (C=O) groups excluding carboxylic acids is 1. The lowest BCUT2D eigenvalue weighted by atomic mass is 10.2. The molecule has 0 aliphatic rings. The Hall–Kier alpha value is -1.23. The predicted molar refractivity (Wildman–Crippen MR) is 50.2 cm³/mol. The molecule has 0 fully saturated rings. The van der Waals surface area contributed by atoms with Gasteiger partial charge in [-0.05, 0) is 13.0 Å². The lowest BCUT2D eigenvalue weighted by Crippen LogP contribution is -2.06. The number of carbonyl (C=O) groups is 1. The second-order valence-corrected chi connectivity index (χ2v) is 3.02. The van der Waals surface area contributed by atoms with Crippen molar-refractivity contribution in [1.29, 1.82) is 0 Å². The first kappa shape index (κ1) is 11.8. The molecule has 1 aromatic heterocycles. The van der Waals surface area contributed by atoms with Gasteiger partial charge in [-0.3, -0.25) is 4.98 Å². The number of nitrogens with zero attached hydrogens (tertiary/aromatic N) is 1. The molecule has 82 valence electrons. The van der Waals surface area contributed by atoms with Crippen LogP contribution in [0.1, 0.15) is 29.4 Å². The largest absolute Gasteiger partial charge is 0.462 e. The molecule has 0 aliphatic carbocycles. The lowest BCUT2D eigenvalue weighted by Gasteiger charge is -2.04. The minimum atomic E-state index is -2.76. The Bertz CT molecular complexity index is 371. The summed E-state index contributed by atoms with van der Waals surface area (Å²) < 4.78 is 29.1. The predicted octanol–water partition coefficient (Wildman–Crippen LogP) is 2.85. The van der Waals surface area contributed by atoms with E-state index in [0.29, 0.717) is 0 Å². The summed E-state index contributed by atoms with van der Waals surface area (Å²) in [5, 5.41) is -0.240. The molecule has 1 rings (SSSR count). The summed E-state index contributed by atoms with van der Waals surface area (Å²) in [4.78, 5) is 14.6. The second-order valence-electron chi connectivity index (χ2n) is 2.61. The molecule has 0 saturated heterocycles. The van der Waals surface area contributed by atoms with Crippen LogP contribution in [0, 0.1) is 0 Å².